The molecule has 0 aromatic heterocycles. The van der Waals surface area contributed by atoms with Crippen LogP contribution in [0, 0.1) is 23.2 Å². The Morgan fingerprint density at radius 1 is 1.38 bits per heavy atom. The standard InChI is InChI=1S/C13H22N2O/c1-10-3-2-4-12(7-10)16-9-13(15,8-14)11-5-6-11/h10-12H,2-7,9,15H2,1H3. The molecule has 0 amide bonds. The van der Waals surface area contributed by atoms with Crippen molar-refractivity contribution >= 4 is 0 Å². The highest BCUT2D eigenvalue weighted by Gasteiger charge is 2.43. The van der Waals surface area contributed by atoms with Crippen molar-refractivity contribution in [3.05, 3.63) is 0 Å². The van der Waals surface area contributed by atoms with Gasteiger partial charge in [0.25, 0.3) is 0 Å². The number of hydrogen-bond acceptors (Lipinski definition) is 3. The number of nitrogens with two attached hydrogens (primary N) is 1. The largest absolute Gasteiger partial charge is 0.375 e. The maximum atomic E-state index is 9.12. The molecule has 90 valence electrons. The summed E-state index contributed by atoms with van der Waals surface area (Å²) in [6.45, 7) is 2.70. The minimum Gasteiger partial charge on any atom is -0.375 e. The first-order valence-electron chi connectivity index (χ1n) is 6.46. The van der Waals surface area contributed by atoms with E-state index in [9.17, 15) is 0 Å². The van der Waals surface area contributed by atoms with Gasteiger partial charge in [0.15, 0.2) is 0 Å². The molecule has 0 saturated heterocycles. The van der Waals surface area contributed by atoms with E-state index in [1.807, 2.05) is 0 Å². The number of nitriles is 1. The molecule has 0 aromatic carbocycles. The molecule has 3 heteroatoms. The molecule has 2 aliphatic carbocycles. The SMILES string of the molecule is CC1CCCC(OCC(N)(C#N)C2CC2)C1. The Kier molecular flexibility index (Phi) is 3.51. The fourth-order valence-corrected chi connectivity index (χ4v) is 2.63. The predicted molar refractivity (Wildman–Crippen MR) is 62.6 cm³/mol. The molecular formula is C13H22N2O. The molecule has 2 fully saturated rings. The third-order valence-corrected chi connectivity index (χ3v) is 3.96. The summed E-state index contributed by atoms with van der Waals surface area (Å²) in [5, 5.41) is 9.12. The monoisotopic (exact) mass is 222 g/mol. The fourth-order valence-electron chi connectivity index (χ4n) is 2.63. The lowest BCUT2D eigenvalue weighted by Crippen LogP contribution is -2.46. The zero-order valence-corrected chi connectivity index (χ0v) is 10.1. The summed E-state index contributed by atoms with van der Waals surface area (Å²) in [4.78, 5) is 0. The van der Waals surface area contributed by atoms with Crippen LogP contribution in [0.1, 0.15) is 45.4 Å². The molecule has 3 atom stereocenters. The van der Waals surface area contributed by atoms with Crippen molar-refractivity contribution in [3.8, 4) is 6.07 Å². The van der Waals surface area contributed by atoms with Crippen LogP contribution in [0.15, 0.2) is 0 Å². The lowest BCUT2D eigenvalue weighted by molar-refractivity contribution is -0.00435. The Morgan fingerprint density at radius 3 is 2.69 bits per heavy atom. The van der Waals surface area contributed by atoms with E-state index >= 15 is 0 Å². The van der Waals surface area contributed by atoms with Crippen LogP contribution in [0.25, 0.3) is 0 Å². The second-order valence-corrected chi connectivity index (χ2v) is 5.63. The van der Waals surface area contributed by atoms with Crippen molar-refractivity contribution in [2.24, 2.45) is 17.6 Å². The third-order valence-electron chi connectivity index (χ3n) is 3.96. The van der Waals surface area contributed by atoms with Gasteiger partial charge in [-0.05, 0) is 37.5 Å². The van der Waals surface area contributed by atoms with E-state index in [4.69, 9.17) is 15.7 Å². The summed E-state index contributed by atoms with van der Waals surface area (Å²) in [6, 6.07) is 2.24. The van der Waals surface area contributed by atoms with Crippen LogP contribution < -0.4 is 5.73 Å². The van der Waals surface area contributed by atoms with E-state index in [0.717, 1.165) is 31.6 Å². The second-order valence-electron chi connectivity index (χ2n) is 5.63. The molecule has 0 heterocycles. The Labute approximate surface area is 98.0 Å². The van der Waals surface area contributed by atoms with Gasteiger partial charge >= 0.3 is 0 Å². The molecule has 0 bridgehead atoms. The van der Waals surface area contributed by atoms with Crippen LogP contribution in [-0.2, 0) is 4.74 Å². The van der Waals surface area contributed by atoms with Crippen LogP contribution in [0.3, 0.4) is 0 Å². The third kappa shape index (κ3) is 2.75. The van der Waals surface area contributed by atoms with Crippen LogP contribution in [0.4, 0.5) is 0 Å². The van der Waals surface area contributed by atoms with E-state index in [1.165, 1.54) is 12.8 Å². The average Bonchev–Trinajstić information content (AvgIpc) is 3.10. The molecule has 0 aromatic rings. The number of nitrogens with zero attached hydrogens (tertiary/aromatic N) is 1. The van der Waals surface area contributed by atoms with Gasteiger partial charge in [0, 0.05) is 0 Å². The zero-order chi connectivity index (χ0) is 11.6. The lowest BCUT2D eigenvalue weighted by Gasteiger charge is -2.30. The molecule has 16 heavy (non-hydrogen) atoms. The van der Waals surface area contributed by atoms with Gasteiger partial charge in [-0.15, -0.1) is 0 Å². The van der Waals surface area contributed by atoms with E-state index < -0.39 is 5.54 Å². The predicted octanol–water partition coefficient (Wildman–Crippen LogP) is 2.21. The van der Waals surface area contributed by atoms with Crippen LogP contribution in [0.5, 0.6) is 0 Å². The molecule has 2 N–H and O–H groups in total. The number of ether oxygens (including phenoxy) is 1. The molecule has 3 unspecified atom stereocenters. The van der Waals surface area contributed by atoms with E-state index in [-0.39, 0.29) is 0 Å². The van der Waals surface area contributed by atoms with Gasteiger partial charge in [0.1, 0.15) is 5.54 Å². The smallest absolute Gasteiger partial charge is 0.130 e. The second kappa shape index (κ2) is 4.73. The first-order chi connectivity index (χ1) is 7.64. The van der Waals surface area contributed by atoms with Gasteiger partial charge in [0.2, 0.25) is 0 Å². The normalized spacial score (nSPS) is 34.1. The Bertz CT molecular complexity index is 282. The summed E-state index contributed by atoms with van der Waals surface area (Å²) in [5.41, 5.74) is 5.35. The van der Waals surface area contributed by atoms with Gasteiger partial charge < -0.3 is 10.5 Å². The summed E-state index contributed by atoms with van der Waals surface area (Å²) >= 11 is 0. The van der Waals surface area contributed by atoms with Crippen molar-refractivity contribution in [2.45, 2.75) is 57.1 Å². The first kappa shape index (κ1) is 11.9. The summed E-state index contributed by atoms with van der Waals surface area (Å²) < 4.78 is 5.86. The fraction of sp³-hybridized carbons (Fsp3) is 0.923. The molecule has 2 aliphatic rings. The molecule has 0 spiro atoms. The van der Waals surface area contributed by atoms with Gasteiger partial charge in [-0.3, -0.25) is 0 Å². The van der Waals surface area contributed by atoms with Crippen LogP contribution in [0.2, 0.25) is 0 Å². The van der Waals surface area contributed by atoms with Crippen LogP contribution >= 0.6 is 0 Å². The van der Waals surface area contributed by atoms with Crippen molar-refractivity contribution < 1.29 is 4.74 Å². The van der Waals surface area contributed by atoms with Crippen molar-refractivity contribution in [2.75, 3.05) is 6.61 Å². The van der Waals surface area contributed by atoms with Gasteiger partial charge in [-0.1, -0.05) is 19.8 Å². The maximum absolute atomic E-state index is 9.12. The molecule has 2 rings (SSSR count). The van der Waals surface area contributed by atoms with Crippen molar-refractivity contribution in [1.82, 2.24) is 0 Å². The van der Waals surface area contributed by atoms with Crippen LogP contribution in [-0.4, -0.2) is 18.2 Å². The number of hydrogen-bond donors (Lipinski definition) is 1. The van der Waals surface area contributed by atoms with Gasteiger partial charge in [0.05, 0.1) is 18.8 Å². The lowest BCUT2D eigenvalue weighted by atomic mass is 9.88. The minimum absolute atomic E-state index is 0.332. The Hall–Kier alpha value is -0.590. The highest BCUT2D eigenvalue weighted by atomic mass is 16.5. The molecule has 0 aliphatic heterocycles. The van der Waals surface area contributed by atoms with E-state index in [1.54, 1.807) is 0 Å². The first-order valence-corrected chi connectivity index (χ1v) is 6.46. The molecule has 2 saturated carbocycles. The summed E-state index contributed by atoms with van der Waals surface area (Å²) in [7, 11) is 0. The van der Waals surface area contributed by atoms with Gasteiger partial charge in [-0.2, -0.15) is 5.26 Å². The topological polar surface area (TPSA) is 59.0 Å². The van der Waals surface area contributed by atoms with E-state index in [2.05, 4.69) is 13.0 Å². The molecule has 3 nitrogen and oxygen atoms in total. The average molecular weight is 222 g/mol. The molecular weight excluding hydrogens is 200 g/mol. The highest BCUT2D eigenvalue weighted by Crippen LogP contribution is 2.38. The zero-order valence-electron chi connectivity index (χ0n) is 10.1. The quantitative estimate of drug-likeness (QED) is 0.793. The van der Waals surface area contributed by atoms with E-state index in [0.29, 0.717) is 18.6 Å². The van der Waals surface area contributed by atoms with Crippen molar-refractivity contribution in [3.63, 3.8) is 0 Å². The highest BCUT2D eigenvalue weighted by molar-refractivity contribution is 5.13. The minimum atomic E-state index is -0.722. The van der Waals surface area contributed by atoms with Gasteiger partial charge in [-0.25, -0.2) is 0 Å². The maximum Gasteiger partial charge on any atom is 0.130 e. The van der Waals surface area contributed by atoms with Crippen molar-refractivity contribution in [1.29, 1.82) is 5.26 Å². The summed E-state index contributed by atoms with van der Waals surface area (Å²) in [6.07, 6.45) is 7.35. The Balaban J connectivity index is 1.79. The molecule has 0 radical (unpaired) electrons. The summed E-state index contributed by atoms with van der Waals surface area (Å²) in [5.74, 6) is 1.13. The number of rotatable bonds is 4. The Morgan fingerprint density at radius 2 is 2.12 bits per heavy atom.